The summed E-state index contributed by atoms with van der Waals surface area (Å²) in [4.78, 5) is 19.2. The SMILES string of the molecule is COc1ccc(Nc2ncccc2C(=O)NCCCN2CCOCC2)cc1. The summed E-state index contributed by atoms with van der Waals surface area (Å²) in [6.45, 7) is 5.12. The lowest BCUT2D eigenvalue weighted by Crippen LogP contribution is -2.38. The summed E-state index contributed by atoms with van der Waals surface area (Å²) in [5.74, 6) is 1.19. The summed E-state index contributed by atoms with van der Waals surface area (Å²) in [6.07, 6.45) is 2.58. The predicted octanol–water partition coefficient (Wildman–Crippen LogP) is 2.29. The Morgan fingerprint density at radius 3 is 2.74 bits per heavy atom. The van der Waals surface area contributed by atoms with Crippen molar-refractivity contribution in [3.05, 3.63) is 48.2 Å². The van der Waals surface area contributed by atoms with E-state index in [-0.39, 0.29) is 5.91 Å². The first-order valence-electron chi connectivity index (χ1n) is 9.20. The number of carbonyl (C=O) groups is 1. The molecule has 0 saturated carbocycles. The predicted molar refractivity (Wildman–Crippen MR) is 105 cm³/mol. The van der Waals surface area contributed by atoms with Crippen LogP contribution in [0.5, 0.6) is 5.75 Å². The molecule has 0 spiro atoms. The molecule has 2 aromatic rings. The van der Waals surface area contributed by atoms with Gasteiger partial charge < -0.3 is 20.1 Å². The quantitative estimate of drug-likeness (QED) is 0.695. The molecule has 1 aliphatic rings. The molecule has 1 aromatic carbocycles. The number of hydrogen-bond acceptors (Lipinski definition) is 6. The summed E-state index contributed by atoms with van der Waals surface area (Å²) < 4.78 is 10.5. The molecule has 2 N–H and O–H groups in total. The van der Waals surface area contributed by atoms with E-state index in [1.54, 1.807) is 25.4 Å². The number of rotatable bonds is 8. The molecular weight excluding hydrogens is 344 g/mol. The van der Waals surface area contributed by atoms with Crippen LogP contribution in [-0.4, -0.2) is 62.3 Å². The van der Waals surface area contributed by atoms with Crippen LogP contribution < -0.4 is 15.4 Å². The van der Waals surface area contributed by atoms with E-state index in [0.29, 0.717) is 17.9 Å². The fraction of sp³-hybridized carbons (Fsp3) is 0.400. The van der Waals surface area contributed by atoms with Crippen LogP contribution in [-0.2, 0) is 4.74 Å². The maximum Gasteiger partial charge on any atom is 0.255 e. The van der Waals surface area contributed by atoms with Crippen molar-refractivity contribution in [2.75, 3.05) is 51.8 Å². The number of pyridine rings is 1. The van der Waals surface area contributed by atoms with Crippen LogP contribution in [0.1, 0.15) is 16.8 Å². The number of anilines is 2. The highest BCUT2D eigenvalue weighted by molar-refractivity contribution is 5.99. The first-order chi connectivity index (χ1) is 13.3. The number of ether oxygens (including phenoxy) is 2. The number of morpholine rings is 1. The van der Waals surface area contributed by atoms with E-state index in [1.807, 2.05) is 24.3 Å². The first-order valence-corrected chi connectivity index (χ1v) is 9.20. The largest absolute Gasteiger partial charge is 0.497 e. The Morgan fingerprint density at radius 1 is 1.22 bits per heavy atom. The van der Waals surface area contributed by atoms with E-state index in [2.05, 4.69) is 20.5 Å². The minimum absolute atomic E-state index is 0.124. The average molecular weight is 370 g/mol. The third-order valence-corrected chi connectivity index (χ3v) is 4.45. The zero-order valence-corrected chi connectivity index (χ0v) is 15.6. The topological polar surface area (TPSA) is 75.7 Å². The monoisotopic (exact) mass is 370 g/mol. The standard InChI is InChI=1S/C20H26N4O3/c1-26-17-7-5-16(6-8-17)23-19-18(4-2-9-21-19)20(25)22-10-3-11-24-12-14-27-15-13-24/h2,4-9H,3,10-15H2,1H3,(H,21,23)(H,22,25). The molecule has 27 heavy (non-hydrogen) atoms. The van der Waals surface area contributed by atoms with Gasteiger partial charge in [-0.1, -0.05) is 0 Å². The molecule has 0 radical (unpaired) electrons. The van der Waals surface area contributed by atoms with Crippen LogP contribution in [0.25, 0.3) is 0 Å². The molecule has 1 fully saturated rings. The maximum atomic E-state index is 12.6. The van der Waals surface area contributed by atoms with Crippen LogP contribution >= 0.6 is 0 Å². The van der Waals surface area contributed by atoms with E-state index in [4.69, 9.17) is 9.47 Å². The van der Waals surface area contributed by atoms with Crippen molar-refractivity contribution in [3.8, 4) is 5.75 Å². The van der Waals surface area contributed by atoms with Gasteiger partial charge in [0.1, 0.15) is 11.6 Å². The summed E-state index contributed by atoms with van der Waals surface area (Å²) in [6, 6.07) is 11.0. The normalized spacial score (nSPS) is 14.6. The Balaban J connectivity index is 1.53. The fourth-order valence-electron chi connectivity index (χ4n) is 2.92. The number of nitrogens with zero attached hydrogens (tertiary/aromatic N) is 2. The number of carbonyl (C=O) groups excluding carboxylic acids is 1. The Bertz CT molecular complexity index is 730. The molecule has 1 amide bonds. The third-order valence-electron chi connectivity index (χ3n) is 4.45. The Morgan fingerprint density at radius 2 is 2.00 bits per heavy atom. The lowest BCUT2D eigenvalue weighted by Gasteiger charge is -2.26. The molecule has 1 aliphatic heterocycles. The van der Waals surface area contributed by atoms with Gasteiger partial charge in [0.05, 0.1) is 25.9 Å². The summed E-state index contributed by atoms with van der Waals surface area (Å²) in [5, 5.41) is 6.18. The van der Waals surface area contributed by atoms with Gasteiger partial charge in [0.15, 0.2) is 0 Å². The van der Waals surface area contributed by atoms with Crippen molar-refractivity contribution < 1.29 is 14.3 Å². The zero-order chi connectivity index (χ0) is 18.9. The van der Waals surface area contributed by atoms with Crippen LogP contribution in [0.2, 0.25) is 0 Å². The van der Waals surface area contributed by atoms with Crippen molar-refractivity contribution in [2.45, 2.75) is 6.42 Å². The highest BCUT2D eigenvalue weighted by Gasteiger charge is 2.13. The molecule has 7 heteroatoms. The molecule has 7 nitrogen and oxygen atoms in total. The van der Waals surface area contributed by atoms with Gasteiger partial charge in [-0.3, -0.25) is 9.69 Å². The number of methoxy groups -OCH3 is 1. The summed E-state index contributed by atoms with van der Waals surface area (Å²) >= 11 is 0. The molecule has 1 saturated heterocycles. The molecule has 1 aromatic heterocycles. The van der Waals surface area contributed by atoms with Crippen molar-refractivity contribution >= 4 is 17.4 Å². The number of aromatic nitrogens is 1. The van der Waals surface area contributed by atoms with Crippen molar-refractivity contribution in [1.29, 1.82) is 0 Å². The van der Waals surface area contributed by atoms with E-state index in [9.17, 15) is 4.79 Å². The molecule has 0 atom stereocenters. The van der Waals surface area contributed by atoms with Crippen molar-refractivity contribution in [1.82, 2.24) is 15.2 Å². The van der Waals surface area contributed by atoms with Gasteiger partial charge in [0, 0.05) is 31.5 Å². The molecule has 144 valence electrons. The molecular formula is C20H26N4O3. The van der Waals surface area contributed by atoms with E-state index < -0.39 is 0 Å². The fourth-order valence-corrected chi connectivity index (χ4v) is 2.92. The smallest absolute Gasteiger partial charge is 0.255 e. The van der Waals surface area contributed by atoms with E-state index in [0.717, 1.165) is 50.7 Å². The van der Waals surface area contributed by atoms with E-state index in [1.165, 1.54) is 0 Å². The van der Waals surface area contributed by atoms with Gasteiger partial charge in [-0.05, 0) is 49.4 Å². The maximum absolute atomic E-state index is 12.6. The molecule has 0 unspecified atom stereocenters. The summed E-state index contributed by atoms with van der Waals surface area (Å²) in [5.41, 5.74) is 1.37. The van der Waals surface area contributed by atoms with Crippen molar-refractivity contribution in [3.63, 3.8) is 0 Å². The second kappa shape index (κ2) is 9.89. The summed E-state index contributed by atoms with van der Waals surface area (Å²) in [7, 11) is 1.63. The number of benzene rings is 1. The van der Waals surface area contributed by atoms with Crippen LogP contribution in [0, 0.1) is 0 Å². The molecule has 0 aliphatic carbocycles. The van der Waals surface area contributed by atoms with Gasteiger partial charge in [0.25, 0.3) is 5.91 Å². The van der Waals surface area contributed by atoms with Gasteiger partial charge >= 0.3 is 0 Å². The molecule has 3 rings (SSSR count). The number of nitrogens with one attached hydrogen (secondary N) is 2. The Hall–Kier alpha value is -2.64. The third kappa shape index (κ3) is 5.67. The lowest BCUT2D eigenvalue weighted by atomic mass is 10.2. The lowest BCUT2D eigenvalue weighted by molar-refractivity contribution is 0.0374. The molecule has 0 bridgehead atoms. The highest BCUT2D eigenvalue weighted by atomic mass is 16.5. The van der Waals surface area contributed by atoms with Gasteiger partial charge in [-0.15, -0.1) is 0 Å². The van der Waals surface area contributed by atoms with Crippen LogP contribution in [0.3, 0.4) is 0 Å². The minimum Gasteiger partial charge on any atom is -0.497 e. The zero-order valence-electron chi connectivity index (χ0n) is 15.6. The van der Waals surface area contributed by atoms with E-state index >= 15 is 0 Å². The van der Waals surface area contributed by atoms with Crippen LogP contribution in [0.15, 0.2) is 42.6 Å². The minimum atomic E-state index is -0.124. The highest BCUT2D eigenvalue weighted by Crippen LogP contribution is 2.21. The number of amides is 1. The van der Waals surface area contributed by atoms with Gasteiger partial charge in [-0.2, -0.15) is 0 Å². The van der Waals surface area contributed by atoms with Gasteiger partial charge in [0.2, 0.25) is 0 Å². The average Bonchev–Trinajstić information content (AvgIpc) is 2.73. The Labute approximate surface area is 159 Å². The number of hydrogen-bond donors (Lipinski definition) is 2. The van der Waals surface area contributed by atoms with Gasteiger partial charge in [-0.25, -0.2) is 4.98 Å². The first kappa shape index (κ1) is 19.1. The Kier molecular flexibility index (Phi) is 7.01. The second-order valence-corrected chi connectivity index (χ2v) is 6.32. The van der Waals surface area contributed by atoms with Crippen molar-refractivity contribution in [2.24, 2.45) is 0 Å². The second-order valence-electron chi connectivity index (χ2n) is 6.32. The van der Waals surface area contributed by atoms with Crippen LogP contribution in [0.4, 0.5) is 11.5 Å². The molecule has 2 heterocycles.